The van der Waals surface area contributed by atoms with Crippen LogP contribution in [0.3, 0.4) is 0 Å². The highest BCUT2D eigenvalue weighted by atomic mass is 16.1. The number of pyridine rings is 1. The van der Waals surface area contributed by atoms with Crippen molar-refractivity contribution < 1.29 is 0 Å². The third-order valence-corrected chi connectivity index (χ3v) is 2.19. The summed E-state index contributed by atoms with van der Waals surface area (Å²) in [4.78, 5) is 13.7. The van der Waals surface area contributed by atoms with E-state index in [-0.39, 0.29) is 5.56 Å². The number of nitriles is 1. The molecule has 0 aliphatic rings. The highest BCUT2D eigenvalue weighted by molar-refractivity contribution is 5.80. The number of aromatic nitrogens is 1. The molecule has 1 aromatic carbocycles. The molecular weight excluding hydrogens is 200 g/mol. The first kappa shape index (κ1) is 12.0. The molecule has 0 amide bonds. The van der Waals surface area contributed by atoms with Crippen molar-refractivity contribution in [3.63, 3.8) is 0 Å². The number of H-pyrrole nitrogens is 1. The summed E-state index contributed by atoms with van der Waals surface area (Å²) in [6.07, 6.45) is 0. The second-order valence-corrected chi connectivity index (χ2v) is 3.19. The molecule has 1 N–H and O–H groups in total. The molecule has 0 unspecified atom stereocenters. The quantitative estimate of drug-likeness (QED) is 0.733. The molecule has 0 spiro atoms. The van der Waals surface area contributed by atoms with E-state index in [1.54, 1.807) is 12.1 Å². The molecule has 0 bridgehead atoms. The van der Waals surface area contributed by atoms with Gasteiger partial charge in [-0.15, -0.1) is 0 Å². The van der Waals surface area contributed by atoms with E-state index in [9.17, 15) is 4.79 Å². The van der Waals surface area contributed by atoms with Crippen LogP contribution in [0.2, 0.25) is 0 Å². The Labute approximate surface area is 94.4 Å². The smallest absolute Gasteiger partial charge is 0.248 e. The van der Waals surface area contributed by atoms with Crippen LogP contribution in [0.25, 0.3) is 10.9 Å². The largest absolute Gasteiger partial charge is 0.322 e. The van der Waals surface area contributed by atoms with Crippen LogP contribution in [-0.4, -0.2) is 4.98 Å². The van der Waals surface area contributed by atoms with Crippen molar-refractivity contribution in [1.82, 2.24) is 4.98 Å². The van der Waals surface area contributed by atoms with Gasteiger partial charge in [0.2, 0.25) is 5.56 Å². The Morgan fingerprint density at radius 3 is 2.56 bits per heavy atom. The topological polar surface area (TPSA) is 56.6 Å². The molecular formula is C13H14N2O. The zero-order chi connectivity index (χ0) is 12.1. The van der Waals surface area contributed by atoms with E-state index in [0.717, 1.165) is 16.5 Å². The molecule has 1 aromatic heterocycles. The van der Waals surface area contributed by atoms with Crippen molar-refractivity contribution in [3.05, 3.63) is 45.7 Å². The molecule has 0 aliphatic heterocycles. The van der Waals surface area contributed by atoms with Gasteiger partial charge in [-0.1, -0.05) is 13.8 Å². The predicted molar refractivity (Wildman–Crippen MR) is 65.4 cm³/mol. The molecule has 3 heteroatoms. The summed E-state index contributed by atoms with van der Waals surface area (Å²) >= 11 is 0. The first-order valence-electron chi connectivity index (χ1n) is 5.24. The van der Waals surface area contributed by atoms with E-state index in [0.29, 0.717) is 5.56 Å². The summed E-state index contributed by atoms with van der Waals surface area (Å²) in [5, 5.41) is 9.69. The normalized spacial score (nSPS) is 9.12. The Bertz CT molecular complexity index is 591. The highest BCUT2D eigenvalue weighted by Gasteiger charge is 2.00. The zero-order valence-electron chi connectivity index (χ0n) is 9.66. The second-order valence-electron chi connectivity index (χ2n) is 3.19. The molecule has 0 saturated heterocycles. The monoisotopic (exact) mass is 214 g/mol. The van der Waals surface area contributed by atoms with Crippen LogP contribution < -0.4 is 5.56 Å². The number of rotatable bonds is 0. The van der Waals surface area contributed by atoms with Crippen LogP contribution in [0, 0.1) is 18.3 Å². The lowest BCUT2D eigenvalue weighted by atomic mass is 10.1. The van der Waals surface area contributed by atoms with Crippen molar-refractivity contribution in [2.24, 2.45) is 0 Å². The zero-order valence-corrected chi connectivity index (χ0v) is 9.66. The van der Waals surface area contributed by atoms with Crippen LogP contribution in [0.5, 0.6) is 0 Å². The summed E-state index contributed by atoms with van der Waals surface area (Å²) < 4.78 is 0. The van der Waals surface area contributed by atoms with Crippen LogP contribution in [-0.2, 0) is 0 Å². The number of nitrogens with one attached hydrogen (secondary N) is 1. The lowest BCUT2D eigenvalue weighted by molar-refractivity contribution is 1.29. The van der Waals surface area contributed by atoms with Gasteiger partial charge in [0.1, 0.15) is 0 Å². The van der Waals surface area contributed by atoms with Gasteiger partial charge in [0.15, 0.2) is 0 Å². The van der Waals surface area contributed by atoms with E-state index in [4.69, 9.17) is 5.26 Å². The lowest BCUT2D eigenvalue weighted by Gasteiger charge is -2.00. The Morgan fingerprint density at radius 1 is 1.25 bits per heavy atom. The number of nitrogens with zero attached hydrogens (tertiary/aromatic N) is 1. The average Bonchev–Trinajstić information content (AvgIpc) is 2.30. The maximum atomic E-state index is 11.0. The maximum Gasteiger partial charge on any atom is 0.248 e. The summed E-state index contributed by atoms with van der Waals surface area (Å²) in [5.74, 6) is 0. The minimum atomic E-state index is -0.124. The van der Waals surface area contributed by atoms with Gasteiger partial charge in [0, 0.05) is 11.6 Å². The van der Waals surface area contributed by atoms with Gasteiger partial charge < -0.3 is 4.98 Å². The first-order valence-corrected chi connectivity index (χ1v) is 5.24. The number of hydrogen-bond donors (Lipinski definition) is 1. The van der Waals surface area contributed by atoms with Gasteiger partial charge in [0.25, 0.3) is 0 Å². The number of hydrogen-bond acceptors (Lipinski definition) is 2. The van der Waals surface area contributed by atoms with E-state index in [2.05, 4.69) is 11.1 Å². The summed E-state index contributed by atoms with van der Waals surface area (Å²) in [6, 6.07) is 8.88. The van der Waals surface area contributed by atoms with Crippen molar-refractivity contribution >= 4 is 10.9 Å². The number of aromatic amines is 1. The fraction of sp³-hybridized carbons (Fsp3) is 0.231. The van der Waals surface area contributed by atoms with Crippen molar-refractivity contribution in [2.75, 3.05) is 0 Å². The summed E-state index contributed by atoms with van der Waals surface area (Å²) in [7, 11) is 0. The third kappa shape index (κ3) is 2.29. The first-order chi connectivity index (χ1) is 7.70. The molecule has 0 aliphatic carbocycles. The molecule has 0 radical (unpaired) electrons. The molecule has 2 aromatic rings. The van der Waals surface area contributed by atoms with Crippen LogP contribution in [0.4, 0.5) is 0 Å². The Hall–Kier alpha value is -2.08. The van der Waals surface area contributed by atoms with Gasteiger partial charge in [-0.2, -0.15) is 5.26 Å². The SMILES string of the molecule is CC.Cc1cc2[nH]c(=O)ccc2cc1C#N. The minimum Gasteiger partial charge on any atom is -0.322 e. The molecule has 0 fully saturated rings. The lowest BCUT2D eigenvalue weighted by Crippen LogP contribution is -2.02. The average molecular weight is 214 g/mol. The Morgan fingerprint density at radius 2 is 1.94 bits per heavy atom. The van der Waals surface area contributed by atoms with Crippen LogP contribution in [0.15, 0.2) is 29.1 Å². The van der Waals surface area contributed by atoms with E-state index >= 15 is 0 Å². The van der Waals surface area contributed by atoms with Gasteiger partial charge in [-0.05, 0) is 36.1 Å². The van der Waals surface area contributed by atoms with Gasteiger partial charge >= 0.3 is 0 Å². The minimum absolute atomic E-state index is 0.124. The fourth-order valence-electron chi connectivity index (χ4n) is 1.43. The third-order valence-electron chi connectivity index (χ3n) is 2.19. The Kier molecular flexibility index (Phi) is 3.84. The maximum absolute atomic E-state index is 11.0. The molecule has 82 valence electrons. The van der Waals surface area contributed by atoms with E-state index < -0.39 is 0 Å². The number of aryl methyl sites for hydroxylation is 1. The van der Waals surface area contributed by atoms with E-state index in [1.807, 2.05) is 26.8 Å². The predicted octanol–water partition coefficient (Wildman–Crippen LogP) is 2.73. The molecule has 0 atom stereocenters. The van der Waals surface area contributed by atoms with Crippen molar-refractivity contribution in [1.29, 1.82) is 5.26 Å². The number of fused-ring (bicyclic) bond motifs is 1. The highest BCUT2D eigenvalue weighted by Crippen LogP contribution is 2.15. The fourth-order valence-corrected chi connectivity index (χ4v) is 1.43. The number of benzene rings is 1. The molecule has 3 nitrogen and oxygen atoms in total. The second kappa shape index (κ2) is 5.13. The summed E-state index contributed by atoms with van der Waals surface area (Å²) in [5.41, 5.74) is 2.17. The van der Waals surface area contributed by atoms with Crippen molar-refractivity contribution in [3.8, 4) is 6.07 Å². The molecule has 2 rings (SSSR count). The van der Waals surface area contributed by atoms with Crippen molar-refractivity contribution in [2.45, 2.75) is 20.8 Å². The van der Waals surface area contributed by atoms with Gasteiger partial charge in [-0.25, -0.2) is 0 Å². The molecule has 1 heterocycles. The molecule has 0 saturated carbocycles. The standard InChI is InChI=1S/C11H8N2O.C2H6/c1-7-4-10-8(5-9(7)6-12)2-3-11(14)13-10;1-2/h2-5H,1H3,(H,13,14);1-2H3. The van der Waals surface area contributed by atoms with Gasteiger partial charge in [-0.3, -0.25) is 4.79 Å². The van der Waals surface area contributed by atoms with Gasteiger partial charge in [0.05, 0.1) is 11.6 Å². The summed E-state index contributed by atoms with van der Waals surface area (Å²) in [6.45, 7) is 5.85. The van der Waals surface area contributed by atoms with Crippen LogP contribution >= 0.6 is 0 Å². The van der Waals surface area contributed by atoms with Crippen LogP contribution in [0.1, 0.15) is 25.0 Å². The van der Waals surface area contributed by atoms with E-state index in [1.165, 1.54) is 6.07 Å². The Balaban J connectivity index is 0.000000606. The molecule has 16 heavy (non-hydrogen) atoms.